The van der Waals surface area contributed by atoms with E-state index in [2.05, 4.69) is 20.1 Å². The minimum absolute atomic E-state index is 0.0111. The number of aromatic nitrogens is 7. The smallest absolute Gasteiger partial charge is 0.267 e. The monoisotopic (exact) mass is 560 g/mol. The van der Waals surface area contributed by atoms with E-state index in [1.54, 1.807) is 43.5 Å². The highest BCUT2D eigenvalue weighted by atomic mass is 35.5. The molecule has 0 fully saturated rings. The lowest BCUT2D eigenvalue weighted by molar-refractivity contribution is 0.372. The van der Waals surface area contributed by atoms with Crippen molar-refractivity contribution >= 4 is 39.4 Å². The molecular formula is C27H19ClF2N8O2. The molecule has 4 aromatic heterocycles. The van der Waals surface area contributed by atoms with Gasteiger partial charge in [0.1, 0.15) is 29.7 Å². The van der Waals surface area contributed by atoms with Crippen LogP contribution >= 0.6 is 11.6 Å². The molecule has 13 heteroatoms. The number of halogens is 3. The van der Waals surface area contributed by atoms with Crippen LogP contribution in [0.1, 0.15) is 18.8 Å². The SMILES string of the molecule is COc1ccc(-c2nn(C(C)c3nc4cccc(Cl)c4c(=O)n3-c3cccnc3)c3ncnc(N)c23)c(F)c1F. The number of pyridine rings is 1. The zero-order chi connectivity index (χ0) is 28.1. The number of nitrogens with two attached hydrogens (primary N) is 1. The highest BCUT2D eigenvalue weighted by molar-refractivity contribution is 6.35. The zero-order valence-corrected chi connectivity index (χ0v) is 21.8. The molecule has 0 aliphatic rings. The predicted molar refractivity (Wildman–Crippen MR) is 146 cm³/mol. The number of hydrogen-bond donors (Lipinski definition) is 1. The van der Waals surface area contributed by atoms with E-state index in [1.807, 2.05) is 0 Å². The zero-order valence-electron chi connectivity index (χ0n) is 21.0. The van der Waals surface area contributed by atoms with Crippen LogP contribution in [0.2, 0.25) is 5.02 Å². The third-order valence-corrected chi connectivity index (χ3v) is 6.87. The average molecular weight is 561 g/mol. The van der Waals surface area contributed by atoms with Gasteiger partial charge in [-0.05, 0) is 43.3 Å². The molecule has 6 rings (SSSR count). The van der Waals surface area contributed by atoms with Crippen molar-refractivity contribution in [2.45, 2.75) is 13.0 Å². The summed E-state index contributed by atoms with van der Waals surface area (Å²) >= 11 is 6.39. The molecule has 200 valence electrons. The Morgan fingerprint density at radius 3 is 2.62 bits per heavy atom. The van der Waals surface area contributed by atoms with Gasteiger partial charge in [-0.3, -0.25) is 14.3 Å². The Kier molecular flexibility index (Phi) is 6.11. The van der Waals surface area contributed by atoms with E-state index in [0.29, 0.717) is 11.2 Å². The number of methoxy groups -OCH3 is 1. The minimum Gasteiger partial charge on any atom is -0.494 e. The molecule has 1 unspecified atom stereocenters. The van der Waals surface area contributed by atoms with Gasteiger partial charge in [-0.15, -0.1) is 0 Å². The van der Waals surface area contributed by atoms with Gasteiger partial charge in [0, 0.05) is 11.8 Å². The second-order valence-electron chi connectivity index (χ2n) is 8.83. The van der Waals surface area contributed by atoms with E-state index < -0.39 is 23.2 Å². The largest absolute Gasteiger partial charge is 0.494 e. The third-order valence-electron chi connectivity index (χ3n) is 6.56. The number of nitrogens with zero attached hydrogens (tertiary/aromatic N) is 7. The van der Waals surface area contributed by atoms with Gasteiger partial charge in [-0.2, -0.15) is 9.49 Å². The molecule has 0 bridgehead atoms. The summed E-state index contributed by atoms with van der Waals surface area (Å²) in [6, 6.07) is 10.2. The molecule has 0 aliphatic heterocycles. The lowest BCUT2D eigenvalue weighted by Crippen LogP contribution is -2.28. The molecule has 1 atom stereocenters. The van der Waals surface area contributed by atoms with Crippen molar-refractivity contribution < 1.29 is 13.5 Å². The summed E-state index contributed by atoms with van der Waals surface area (Å²) in [6.45, 7) is 1.74. The van der Waals surface area contributed by atoms with Gasteiger partial charge >= 0.3 is 0 Å². The van der Waals surface area contributed by atoms with Crippen molar-refractivity contribution in [1.29, 1.82) is 0 Å². The van der Waals surface area contributed by atoms with Gasteiger partial charge in [-0.1, -0.05) is 17.7 Å². The van der Waals surface area contributed by atoms with Crippen LogP contribution in [-0.4, -0.2) is 41.4 Å². The van der Waals surface area contributed by atoms with Gasteiger partial charge in [-0.25, -0.2) is 24.0 Å². The summed E-state index contributed by atoms with van der Waals surface area (Å²) in [5, 5.41) is 5.29. The molecule has 2 N–H and O–H groups in total. The molecule has 0 aliphatic carbocycles. The first-order chi connectivity index (χ1) is 19.3. The van der Waals surface area contributed by atoms with Crippen molar-refractivity contribution in [2.24, 2.45) is 0 Å². The molecule has 0 saturated heterocycles. The molecule has 6 aromatic rings. The maximum atomic E-state index is 15.2. The number of hydrogen-bond acceptors (Lipinski definition) is 8. The fraction of sp³-hybridized carbons (Fsp3) is 0.111. The van der Waals surface area contributed by atoms with Crippen molar-refractivity contribution in [2.75, 3.05) is 12.8 Å². The highest BCUT2D eigenvalue weighted by Gasteiger charge is 2.28. The number of ether oxygens (including phenoxy) is 1. The summed E-state index contributed by atoms with van der Waals surface area (Å²) in [4.78, 5) is 31.1. The molecule has 0 radical (unpaired) electrons. The van der Waals surface area contributed by atoms with Crippen molar-refractivity contribution in [3.8, 4) is 22.7 Å². The Balaban J connectivity index is 1.65. The van der Waals surface area contributed by atoms with Crippen LogP contribution in [0.5, 0.6) is 5.75 Å². The molecule has 0 amide bonds. The first-order valence-electron chi connectivity index (χ1n) is 11.9. The molecule has 40 heavy (non-hydrogen) atoms. The number of fused-ring (bicyclic) bond motifs is 2. The van der Waals surface area contributed by atoms with Crippen molar-refractivity contribution in [3.05, 3.63) is 94.0 Å². The summed E-state index contributed by atoms with van der Waals surface area (Å²) < 4.78 is 37.6. The van der Waals surface area contributed by atoms with Crippen LogP contribution in [0.4, 0.5) is 14.6 Å². The summed E-state index contributed by atoms with van der Waals surface area (Å²) in [5.41, 5.74) is 6.65. The minimum atomic E-state index is -1.18. The fourth-order valence-electron chi connectivity index (χ4n) is 4.66. The normalized spacial score (nSPS) is 12.2. The second kappa shape index (κ2) is 9.65. The van der Waals surface area contributed by atoms with E-state index in [9.17, 15) is 9.18 Å². The molecule has 2 aromatic carbocycles. The van der Waals surface area contributed by atoms with Gasteiger partial charge in [0.2, 0.25) is 5.82 Å². The van der Waals surface area contributed by atoms with Crippen molar-refractivity contribution in [3.63, 3.8) is 0 Å². The highest BCUT2D eigenvalue weighted by Crippen LogP contribution is 2.36. The Hall–Kier alpha value is -4.97. The number of rotatable bonds is 5. The van der Waals surface area contributed by atoms with Gasteiger partial charge < -0.3 is 10.5 Å². The Labute approximate surface area is 229 Å². The van der Waals surface area contributed by atoms with Crippen molar-refractivity contribution in [1.82, 2.24) is 34.3 Å². The molecule has 0 saturated carbocycles. The Morgan fingerprint density at radius 1 is 1.05 bits per heavy atom. The quantitative estimate of drug-likeness (QED) is 0.321. The van der Waals surface area contributed by atoms with E-state index in [-0.39, 0.29) is 50.1 Å². The Bertz CT molecular complexity index is 2000. The lowest BCUT2D eigenvalue weighted by atomic mass is 10.1. The maximum absolute atomic E-state index is 15.2. The van der Waals surface area contributed by atoms with Crippen LogP contribution in [-0.2, 0) is 0 Å². The fourth-order valence-corrected chi connectivity index (χ4v) is 4.91. The first kappa shape index (κ1) is 25.3. The van der Waals surface area contributed by atoms with E-state index in [1.165, 1.54) is 41.0 Å². The average Bonchev–Trinajstić information content (AvgIpc) is 3.35. The van der Waals surface area contributed by atoms with Gasteiger partial charge in [0.15, 0.2) is 17.2 Å². The summed E-state index contributed by atoms with van der Waals surface area (Å²) in [6.07, 6.45) is 4.33. The van der Waals surface area contributed by atoms with Crippen LogP contribution in [0, 0.1) is 11.6 Å². The lowest BCUT2D eigenvalue weighted by Gasteiger charge is -2.19. The van der Waals surface area contributed by atoms with E-state index in [4.69, 9.17) is 27.1 Å². The standard InChI is InChI=1S/C27H19ClF2N8O2/c1-13(25-35-17-7-3-6-16(28)19(17)27(39)37(25)14-5-4-10-32-11-14)38-26-20(24(31)33-12-34-26)23(36-38)15-8-9-18(40-2)22(30)21(15)29/h3-13H,1-2H3,(H2,31,33,34). The van der Waals surface area contributed by atoms with Crippen LogP contribution in [0.25, 0.3) is 38.9 Å². The topological polar surface area (TPSA) is 127 Å². The second-order valence-corrected chi connectivity index (χ2v) is 9.23. The molecule has 4 heterocycles. The van der Waals surface area contributed by atoms with Crippen LogP contribution in [0.15, 0.2) is 66.0 Å². The maximum Gasteiger partial charge on any atom is 0.267 e. The Morgan fingerprint density at radius 2 is 1.88 bits per heavy atom. The first-order valence-corrected chi connectivity index (χ1v) is 12.3. The predicted octanol–water partition coefficient (Wildman–Crippen LogP) is 4.72. The van der Waals surface area contributed by atoms with Crippen LogP contribution in [0.3, 0.4) is 0 Å². The number of anilines is 1. The third kappa shape index (κ3) is 3.83. The van der Waals surface area contributed by atoms with E-state index in [0.717, 1.165) is 0 Å². The summed E-state index contributed by atoms with van der Waals surface area (Å²) in [7, 11) is 1.24. The molecule has 0 spiro atoms. The van der Waals surface area contributed by atoms with Gasteiger partial charge in [0.25, 0.3) is 5.56 Å². The number of nitrogen functional groups attached to an aromatic ring is 1. The molecule has 10 nitrogen and oxygen atoms in total. The number of benzene rings is 2. The van der Waals surface area contributed by atoms with Crippen LogP contribution < -0.4 is 16.0 Å². The van der Waals surface area contributed by atoms with E-state index >= 15 is 4.39 Å². The molecular weight excluding hydrogens is 542 g/mol. The van der Waals surface area contributed by atoms with Gasteiger partial charge in [0.05, 0.1) is 40.3 Å². The summed E-state index contributed by atoms with van der Waals surface area (Å²) in [5.74, 6) is -2.33.